The van der Waals surface area contributed by atoms with Gasteiger partial charge >= 0.3 is 0 Å². The number of unbranched alkanes of at least 4 members (excludes halogenated alkanes) is 1. The van der Waals surface area contributed by atoms with Gasteiger partial charge in [-0.15, -0.1) is 0 Å². The predicted molar refractivity (Wildman–Crippen MR) is 108 cm³/mol. The minimum Gasteiger partial charge on any atom is -0.356 e. The fourth-order valence-electron chi connectivity index (χ4n) is 2.75. The summed E-state index contributed by atoms with van der Waals surface area (Å²) in [5.41, 5.74) is 0. The van der Waals surface area contributed by atoms with E-state index in [1.807, 2.05) is 7.05 Å². The fraction of sp³-hybridized carbons (Fsp3) is 0.947. The Bertz CT molecular complexity index is 318. The van der Waals surface area contributed by atoms with Gasteiger partial charge in [-0.05, 0) is 74.4 Å². The normalized spacial score (nSPS) is 13.0. The van der Waals surface area contributed by atoms with Crippen molar-refractivity contribution < 1.29 is 0 Å². The number of nitrogens with one attached hydrogen (secondary N) is 2. The number of hydrogen-bond donors (Lipinski definition) is 2. The molecule has 0 saturated carbocycles. The molecule has 2 N–H and O–H groups in total. The molecule has 0 aliphatic heterocycles. The highest BCUT2D eigenvalue weighted by Crippen LogP contribution is 2.05. The Balaban J connectivity index is 3.81. The van der Waals surface area contributed by atoms with Crippen LogP contribution >= 0.6 is 0 Å². The van der Waals surface area contributed by atoms with E-state index in [0.717, 1.165) is 38.6 Å². The maximum Gasteiger partial charge on any atom is 0.190 e. The summed E-state index contributed by atoms with van der Waals surface area (Å²) < 4.78 is 0. The zero-order chi connectivity index (χ0) is 18.5. The van der Waals surface area contributed by atoms with Gasteiger partial charge in [-0.25, -0.2) is 0 Å². The van der Waals surface area contributed by atoms with E-state index in [0.29, 0.717) is 18.1 Å². The summed E-state index contributed by atoms with van der Waals surface area (Å²) in [5.74, 6) is 0.924. The lowest BCUT2D eigenvalue weighted by molar-refractivity contribution is 0.173. The summed E-state index contributed by atoms with van der Waals surface area (Å²) in [6.07, 6.45) is 3.53. The standard InChI is InChI=1S/C19H43N5/c1-16(2)23(8)14-10-9-12-21-19(20-7)22-13-11-15-24(17(3)4)18(5)6/h16-18H,9-15H2,1-8H3,(H2,20,21,22). The second kappa shape index (κ2) is 13.5. The van der Waals surface area contributed by atoms with E-state index in [4.69, 9.17) is 0 Å². The van der Waals surface area contributed by atoms with Crippen molar-refractivity contribution in [3.63, 3.8) is 0 Å². The minimum atomic E-state index is 0.603. The zero-order valence-electron chi connectivity index (χ0n) is 17.5. The number of nitrogens with zero attached hydrogens (tertiary/aromatic N) is 3. The fourth-order valence-corrected chi connectivity index (χ4v) is 2.75. The largest absolute Gasteiger partial charge is 0.356 e. The van der Waals surface area contributed by atoms with Crippen molar-refractivity contribution in [3.8, 4) is 0 Å². The number of hydrogen-bond acceptors (Lipinski definition) is 3. The number of rotatable bonds is 12. The van der Waals surface area contributed by atoms with Crippen molar-refractivity contribution in [2.45, 2.75) is 78.9 Å². The van der Waals surface area contributed by atoms with Crippen molar-refractivity contribution in [3.05, 3.63) is 0 Å². The summed E-state index contributed by atoms with van der Waals surface area (Å²) in [6.45, 7) is 17.8. The molecular weight excluding hydrogens is 298 g/mol. The van der Waals surface area contributed by atoms with Crippen molar-refractivity contribution in [2.75, 3.05) is 40.3 Å². The summed E-state index contributed by atoms with van der Waals surface area (Å²) in [4.78, 5) is 9.23. The SMILES string of the molecule is CN=C(NCCCCN(C)C(C)C)NCCCN(C(C)C)C(C)C. The summed E-state index contributed by atoms with van der Waals surface area (Å²) in [7, 11) is 4.03. The van der Waals surface area contributed by atoms with Gasteiger partial charge in [0.15, 0.2) is 5.96 Å². The van der Waals surface area contributed by atoms with Crippen molar-refractivity contribution in [1.82, 2.24) is 20.4 Å². The molecule has 5 nitrogen and oxygen atoms in total. The van der Waals surface area contributed by atoms with Crippen molar-refractivity contribution in [2.24, 2.45) is 4.99 Å². The van der Waals surface area contributed by atoms with Crippen LogP contribution in [-0.2, 0) is 0 Å². The Morgan fingerprint density at radius 2 is 1.33 bits per heavy atom. The lowest BCUT2D eigenvalue weighted by atomic mass is 10.2. The molecule has 0 bridgehead atoms. The van der Waals surface area contributed by atoms with Gasteiger partial charge in [-0.2, -0.15) is 0 Å². The zero-order valence-corrected chi connectivity index (χ0v) is 17.5. The average Bonchev–Trinajstić information content (AvgIpc) is 2.51. The molecule has 0 aromatic heterocycles. The Morgan fingerprint density at radius 3 is 1.79 bits per heavy atom. The molecule has 0 amide bonds. The highest BCUT2D eigenvalue weighted by molar-refractivity contribution is 5.79. The van der Waals surface area contributed by atoms with Gasteiger partial charge in [0.25, 0.3) is 0 Å². The van der Waals surface area contributed by atoms with Gasteiger partial charge in [0.2, 0.25) is 0 Å². The second-order valence-electron chi connectivity index (χ2n) is 7.49. The Labute approximate surface area is 151 Å². The molecule has 5 heteroatoms. The Morgan fingerprint density at radius 1 is 0.792 bits per heavy atom. The molecule has 0 aromatic carbocycles. The number of aliphatic imine (C=N–C) groups is 1. The smallest absolute Gasteiger partial charge is 0.190 e. The van der Waals surface area contributed by atoms with Crippen molar-refractivity contribution >= 4 is 5.96 Å². The van der Waals surface area contributed by atoms with Crippen LogP contribution in [0.3, 0.4) is 0 Å². The first-order valence-corrected chi connectivity index (χ1v) is 9.70. The summed E-state index contributed by atoms with van der Waals surface area (Å²) in [5, 5.41) is 6.84. The molecule has 0 saturated heterocycles. The van der Waals surface area contributed by atoms with E-state index in [1.165, 1.54) is 12.8 Å². The maximum absolute atomic E-state index is 4.31. The predicted octanol–water partition coefficient (Wildman–Crippen LogP) is 2.78. The van der Waals surface area contributed by atoms with E-state index >= 15 is 0 Å². The molecule has 24 heavy (non-hydrogen) atoms. The maximum atomic E-state index is 4.31. The van der Waals surface area contributed by atoms with Gasteiger partial charge < -0.3 is 15.5 Å². The van der Waals surface area contributed by atoms with Crippen LogP contribution < -0.4 is 10.6 Å². The molecule has 0 heterocycles. The third-order valence-corrected chi connectivity index (χ3v) is 4.55. The third kappa shape index (κ3) is 10.9. The first-order valence-electron chi connectivity index (χ1n) is 9.70. The molecule has 0 unspecified atom stereocenters. The van der Waals surface area contributed by atoms with Crippen LogP contribution in [0, 0.1) is 0 Å². The lowest BCUT2D eigenvalue weighted by Crippen LogP contribution is -2.41. The number of guanidine groups is 1. The molecule has 144 valence electrons. The van der Waals surface area contributed by atoms with Crippen LogP contribution in [0.4, 0.5) is 0 Å². The van der Waals surface area contributed by atoms with E-state index < -0.39 is 0 Å². The van der Waals surface area contributed by atoms with Crippen LogP contribution in [0.25, 0.3) is 0 Å². The van der Waals surface area contributed by atoms with Gasteiger partial charge in [0, 0.05) is 44.8 Å². The first kappa shape index (κ1) is 23.2. The average molecular weight is 342 g/mol. The van der Waals surface area contributed by atoms with Gasteiger partial charge in [0.05, 0.1) is 0 Å². The molecular formula is C19H43N5. The molecule has 0 radical (unpaired) electrons. The quantitative estimate of drug-likeness (QED) is 0.325. The second-order valence-corrected chi connectivity index (χ2v) is 7.49. The van der Waals surface area contributed by atoms with E-state index in [2.05, 4.69) is 74.0 Å². The Kier molecular flexibility index (Phi) is 13.0. The highest BCUT2D eigenvalue weighted by Gasteiger charge is 2.12. The van der Waals surface area contributed by atoms with E-state index in [1.54, 1.807) is 0 Å². The summed E-state index contributed by atoms with van der Waals surface area (Å²) >= 11 is 0. The van der Waals surface area contributed by atoms with Crippen LogP contribution in [0.2, 0.25) is 0 Å². The molecule has 0 aliphatic carbocycles. The lowest BCUT2D eigenvalue weighted by Gasteiger charge is -2.30. The first-order chi connectivity index (χ1) is 11.3. The third-order valence-electron chi connectivity index (χ3n) is 4.55. The van der Waals surface area contributed by atoms with Crippen LogP contribution in [0.1, 0.15) is 60.8 Å². The van der Waals surface area contributed by atoms with Gasteiger partial charge in [-0.1, -0.05) is 0 Å². The van der Waals surface area contributed by atoms with Crippen molar-refractivity contribution in [1.29, 1.82) is 0 Å². The molecule has 0 atom stereocenters. The molecule has 0 rings (SSSR count). The minimum absolute atomic E-state index is 0.603. The van der Waals surface area contributed by atoms with E-state index in [-0.39, 0.29) is 0 Å². The highest BCUT2D eigenvalue weighted by atomic mass is 15.2. The van der Waals surface area contributed by atoms with Crippen LogP contribution in [0.15, 0.2) is 4.99 Å². The monoisotopic (exact) mass is 341 g/mol. The molecule has 0 fully saturated rings. The van der Waals surface area contributed by atoms with Crippen LogP contribution in [0.5, 0.6) is 0 Å². The van der Waals surface area contributed by atoms with Crippen LogP contribution in [-0.4, -0.2) is 74.2 Å². The molecule has 0 spiro atoms. The van der Waals surface area contributed by atoms with Gasteiger partial charge in [-0.3, -0.25) is 9.89 Å². The Hall–Kier alpha value is -0.810. The molecule has 0 aliphatic rings. The summed E-state index contributed by atoms with van der Waals surface area (Å²) in [6, 6.07) is 1.83. The molecule has 0 aromatic rings. The topological polar surface area (TPSA) is 42.9 Å². The van der Waals surface area contributed by atoms with Gasteiger partial charge in [0.1, 0.15) is 0 Å². The van der Waals surface area contributed by atoms with E-state index in [9.17, 15) is 0 Å².